The molecule has 0 saturated heterocycles. The summed E-state index contributed by atoms with van der Waals surface area (Å²) in [5.41, 5.74) is 1.16. The monoisotopic (exact) mass is 240 g/mol. The van der Waals surface area contributed by atoms with Crippen LogP contribution in [0.1, 0.15) is 18.4 Å². The van der Waals surface area contributed by atoms with Crippen LogP contribution < -0.4 is 10.6 Å². The first-order chi connectivity index (χ1) is 7.72. The number of amides is 1. The third-order valence-electron chi connectivity index (χ3n) is 2.25. The second-order valence-electron chi connectivity index (χ2n) is 3.58. The fourth-order valence-corrected chi connectivity index (χ4v) is 1.59. The Morgan fingerprint density at radius 1 is 1.44 bits per heavy atom. The van der Waals surface area contributed by atoms with Gasteiger partial charge in [-0.3, -0.25) is 4.79 Å². The molecule has 0 aromatic heterocycles. The zero-order valence-electron chi connectivity index (χ0n) is 9.42. The largest absolute Gasteiger partial charge is 0.359 e. The van der Waals surface area contributed by atoms with Gasteiger partial charge in [0, 0.05) is 25.0 Å². The molecule has 2 N–H and O–H groups in total. The normalized spacial score (nSPS) is 10.1. The number of carbonyl (C=O) groups excluding carboxylic acids is 1. The number of rotatable bonds is 6. The molecule has 1 amide bonds. The van der Waals surface area contributed by atoms with Crippen LogP contribution in [-0.2, 0) is 11.3 Å². The quantitative estimate of drug-likeness (QED) is 0.747. The molecule has 16 heavy (non-hydrogen) atoms. The molecule has 1 aromatic rings. The summed E-state index contributed by atoms with van der Waals surface area (Å²) in [6, 6.07) is 7.76. The first-order valence-corrected chi connectivity index (χ1v) is 5.76. The Kier molecular flexibility index (Phi) is 5.90. The smallest absolute Gasteiger partial charge is 0.219 e. The second-order valence-corrected chi connectivity index (χ2v) is 4.02. The highest BCUT2D eigenvalue weighted by Gasteiger charge is 1.97. The molecule has 0 fully saturated rings. The number of hydrogen-bond donors (Lipinski definition) is 2. The van der Waals surface area contributed by atoms with E-state index in [0.717, 1.165) is 30.1 Å². The van der Waals surface area contributed by atoms with E-state index in [1.807, 2.05) is 24.3 Å². The lowest BCUT2D eigenvalue weighted by Crippen LogP contribution is -2.20. The maximum absolute atomic E-state index is 10.9. The van der Waals surface area contributed by atoms with Gasteiger partial charge >= 0.3 is 0 Å². The molecule has 0 atom stereocenters. The van der Waals surface area contributed by atoms with Crippen molar-refractivity contribution >= 4 is 17.5 Å². The molecule has 1 aromatic carbocycles. The van der Waals surface area contributed by atoms with Gasteiger partial charge in [0.15, 0.2) is 0 Å². The number of carbonyl (C=O) groups is 1. The summed E-state index contributed by atoms with van der Waals surface area (Å²) in [5.74, 6) is 0.0876. The van der Waals surface area contributed by atoms with Gasteiger partial charge in [-0.25, -0.2) is 0 Å². The van der Waals surface area contributed by atoms with E-state index in [2.05, 4.69) is 10.6 Å². The maximum Gasteiger partial charge on any atom is 0.219 e. The Morgan fingerprint density at radius 3 is 2.94 bits per heavy atom. The van der Waals surface area contributed by atoms with Crippen molar-refractivity contribution in [3.8, 4) is 0 Å². The Bertz CT molecular complexity index is 342. The molecule has 1 rings (SSSR count). The van der Waals surface area contributed by atoms with E-state index in [-0.39, 0.29) is 5.91 Å². The lowest BCUT2D eigenvalue weighted by molar-refractivity contribution is -0.120. The number of hydrogen-bond acceptors (Lipinski definition) is 2. The molecule has 3 nitrogen and oxygen atoms in total. The average Bonchev–Trinajstić information content (AvgIpc) is 2.28. The summed E-state index contributed by atoms with van der Waals surface area (Å²) >= 11 is 5.86. The van der Waals surface area contributed by atoms with E-state index in [1.54, 1.807) is 7.05 Å². The molecule has 0 aliphatic rings. The highest BCUT2D eigenvalue weighted by atomic mass is 35.5. The minimum absolute atomic E-state index is 0.0876. The molecule has 0 unspecified atom stereocenters. The number of nitrogens with one attached hydrogen (secondary N) is 2. The Labute approximate surface area is 101 Å². The van der Waals surface area contributed by atoms with Crippen LogP contribution in [-0.4, -0.2) is 19.5 Å². The molecule has 0 aliphatic carbocycles. The summed E-state index contributed by atoms with van der Waals surface area (Å²) in [6.45, 7) is 1.62. The lowest BCUT2D eigenvalue weighted by Gasteiger charge is -2.04. The topological polar surface area (TPSA) is 41.1 Å². The summed E-state index contributed by atoms with van der Waals surface area (Å²) < 4.78 is 0. The first kappa shape index (κ1) is 13.0. The SMILES string of the molecule is CNC(=O)CCCNCc1cccc(Cl)c1. The zero-order chi connectivity index (χ0) is 11.8. The van der Waals surface area contributed by atoms with Crippen molar-refractivity contribution in [1.82, 2.24) is 10.6 Å². The minimum Gasteiger partial charge on any atom is -0.359 e. The van der Waals surface area contributed by atoms with E-state index in [4.69, 9.17) is 11.6 Å². The highest BCUT2D eigenvalue weighted by molar-refractivity contribution is 6.30. The van der Waals surface area contributed by atoms with E-state index in [0.29, 0.717) is 6.42 Å². The molecular formula is C12H17ClN2O. The van der Waals surface area contributed by atoms with Crippen molar-refractivity contribution in [3.63, 3.8) is 0 Å². The predicted molar refractivity (Wildman–Crippen MR) is 66.5 cm³/mol. The molecule has 0 heterocycles. The van der Waals surface area contributed by atoms with Gasteiger partial charge in [0.2, 0.25) is 5.91 Å². The predicted octanol–water partition coefficient (Wildman–Crippen LogP) is 1.96. The Hall–Kier alpha value is -1.06. The van der Waals surface area contributed by atoms with Crippen molar-refractivity contribution in [1.29, 1.82) is 0 Å². The van der Waals surface area contributed by atoms with E-state index in [1.165, 1.54) is 0 Å². The van der Waals surface area contributed by atoms with Gasteiger partial charge in [-0.1, -0.05) is 23.7 Å². The number of benzene rings is 1. The van der Waals surface area contributed by atoms with E-state index in [9.17, 15) is 4.79 Å². The highest BCUT2D eigenvalue weighted by Crippen LogP contribution is 2.10. The molecule has 0 spiro atoms. The fourth-order valence-electron chi connectivity index (χ4n) is 1.38. The molecule has 0 bridgehead atoms. The Morgan fingerprint density at radius 2 is 2.25 bits per heavy atom. The van der Waals surface area contributed by atoms with Crippen LogP contribution in [0, 0.1) is 0 Å². The van der Waals surface area contributed by atoms with Gasteiger partial charge in [0.1, 0.15) is 0 Å². The summed E-state index contributed by atoms with van der Waals surface area (Å²) in [7, 11) is 1.65. The third-order valence-corrected chi connectivity index (χ3v) is 2.49. The fraction of sp³-hybridized carbons (Fsp3) is 0.417. The number of halogens is 1. The van der Waals surface area contributed by atoms with Gasteiger partial charge in [-0.05, 0) is 30.7 Å². The molecule has 88 valence electrons. The molecule has 0 aliphatic heterocycles. The lowest BCUT2D eigenvalue weighted by atomic mass is 10.2. The first-order valence-electron chi connectivity index (χ1n) is 5.38. The van der Waals surface area contributed by atoms with Crippen LogP contribution in [0.3, 0.4) is 0 Å². The Balaban J connectivity index is 2.14. The molecule has 0 saturated carbocycles. The molecule has 4 heteroatoms. The average molecular weight is 241 g/mol. The minimum atomic E-state index is 0.0876. The van der Waals surface area contributed by atoms with E-state index >= 15 is 0 Å². The maximum atomic E-state index is 10.9. The van der Waals surface area contributed by atoms with Crippen LogP contribution in [0.2, 0.25) is 5.02 Å². The van der Waals surface area contributed by atoms with Crippen LogP contribution in [0.4, 0.5) is 0 Å². The van der Waals surface area contributed by atoms with Crippen LogP contribution in [0.5, 0.6) is 0 Å². The summed E-state index contributed by atoms with van der Waals surface area (Å²) in [4.78, 5) is 10.9. The molecule has 0 radical (unpaired) electrons. The van der Waals surface area contributed by atoms with Gasteiger partial charge in [-0.15, -0.1) is 0 Å². The van der Waals surface area contributed by atoms with Crippen molar-refractivity contribution in [2.75, 3.05) is 13.6 Å². The second kappa shape index (κ2) is 7.25. The van der Waals surface area contributed by atoms with Crippen molar-refractivity contribution in [3.05, 3.63) is 34.9 Å². The van der Waals surface area contributed by atoms with Crippen LogP contribution in [0.25, 0.3) is 0 Å². The van der Waals surface area contributed by atoms with Crippen molar-refractivity contribution in [2.24, 2.45) is 0 Å². The van der Waals surface area contributed by atoms with Crippen molar-refractivity contribution < 1.29 is 4.79 Å². The summed E-state index contributed by atoms with van der Waals surface area (Å²) in [6.07, 6.45) is 1.42. The molecular weight excluding hydrogens is 224 g/mol. The third kappa shape index (κ3) is 5.14. The van der Waals surface area contributed by atoms with Crippen molar-refractivity contribution in [2.45, 2.75) is 19.4 Å². The van der Waals surface area contributed by atoms with Gasteiger partial charge < -0.3 is 10.6 Å². The van der Waals surface area contributed by atoms with Crippen LogP contribution >= 0.6 is 11.6 Å². The van der Waals surface area contributed by atoms with Gasteiger partial charge in [0.05, 0.1) is 0 Å². The van der Waals surface area contributed by atoms with Gasteiger partial charge in [0.25, 0.3) is 0 Å². The van der Waals surface area contributed by atoms with Crippen LogP contribution in [0.15, 0.2) is 24.3 Å². The van der Waals surface area contributed by atoms with E-state index < -0.39 is 0 Å². The van der Waals surface area contributed by atoms with Gasteiger partial charge in [-0.2, -0.15) is 0 Å². The summed E-state index contributed by atoms with van der Waals surface area (Å²) in [5, 5.41) is 6.62. The standard InChI is InChI=1S/C12H17ClN2O/c1-14-12(16)6-3-7-15-9-10-4-2-5-11(13)8-10/h2,4-5,8,15H,3,6-7,9H2,1H3,(H,14,16). The zero-order valence-corrected chi connectivity index (χ0v) is 10.2.